The van der Waals surface area contributed by atoms with E-state index in [-0.39, 0.29) is 0 Å². The lowest BCUT2D eigenvalue weighted by Gasteiger charge is -2.12. The van der Waals surface area contributed by atoms with E-state index in [1.807, 2.05) is 36.2 Å². The molecule has 3 aromatic rings. The molecule has 7 nitrogen and oxygen atoms in total. The van der Waals surface area contributed by atoms with Crippen LogP contribution in [0.3, 0.4) is 0 Å². The van der Waals surface area contributed by atoms with Crippen molar-refractivity contribution in [3.05, 3.63) is 42.1 Å². The van der Waals surface area contributed by atoms with Crippen LogP contribution in [0.1, 0.15) is 6.92 Å². The molecule has 1 atom stereocenters. The highest BCUT2D eigenvalue weighted by molar-refractivity contribution is 8.01. The number of imidazole rings is 1. The van der Waals surface area contributed by atoms with Gasteiger partial charge in [0.15, 0.2) is 11.5 Å². The standard InChI is InChI=1S/C15H17N7S/c1-10-6-13(23-21(10)3)19-14-15-17-8-12(22(15)5-4-16-14)11-7-18-20(2)9-11/h4-10H,1-3H3,(H,16,19). The van der Waals surface area contributed by atoms with E-state index >= 15 is 0 Å². The van der Waals surface area contributed by atoms with E-state index in [0.717, 1.165) is 27.8 Å². The van der Waals surface area contributed by atoms with Crippen LogP contribution in [-0.2, 0) is 7.05 Å². The molecule has 1 N–H and O–H groups in total. The van der Waals surface area contributed by atoms with Crippen LogP contribution in [0.15, 0.2) is 42.1 Å². The van der Waals surface area contributed by atoms with Crippen LogP contribution in [0.25, 0.3) is 16.9 Å². The fourth-order valence-corrected chi connectivity index (χ4v) is 3.49. The van der Waals surface area contributed by atoms with Gasteiger partial charge >= 0.3 is 0 Å². The molecule has 0 fully saturated rings. The molecule has 0 bridgehead atoms. The Hall–Kier alpha value is -2.32. The average molecular weight is 327 g/mol. The molecule has 0 spiro atoms. The third-order valence-corrected chi connectivity index (χ3v) is 4.93. The molecule has 0 saturated heterocycles. The van der Waals surface area contributed by atoms with Crippen molar-refractivity contribution in [3.63, 3.8) is 0 Å². The number of aryl methyl sites for hydroxylation is 1. The van der Waals surface area contributed by atoms with E-state index in [2.05, 4.69) is 44.7 Å². The van der Waals surface area contributed by atoms with Gasteiger partial charge in [0, 0.05) is 37.2 Å². The van der Waals surface area contributed by atoms with Gasteiger partial charge in [-0.15, -0.1) is 0 Å². The monoisotopic (exact) mass is 327 g/mol. The zero-order chi connectivity index (χ0) is 16.0. The molecule has 0 amide bonds. The summed E-state index contributed by atoms with van der Waals surface area (Å²) in [6.07, 6.45) is 11.5. The number of aromatic nitrogens is 5. The van der Waals surface area contributed by atoms with E-state index in [0.29, 0.717) is 6.04 Å². The lowest BCUT2D eigenvalue weighted by Crippen LogP contribution is -2.14. The summed E-state index contributed by atoms with van der Waals surface area (Å²) in [6, 6.07) is 0.396. The fraction of sp³-hybridized carbons (Fsp3) is 0.267. The van der Waals surface area contributed by atoms with E-state index in [9.17, 15) is 0 Å². The molecule has 118 valence electrons. The Morgan fingerprint density at radius 2 is 2.09 bits per heavy atom. The van der Waals surface area contributed by atoms with Crippen molar-refractivity contribution in [1.29, 1.82) is 0 Å². The zero-order valence-electron chi connectivity index (χ0n) is 13.1. The minimum Gasteiger partial charge on any atom is -0.331 e. The first-order chi connectivity index (χ1) is 11.1. The summed E-state index contributed by atoms with van der Waals surface area (Å²) >= 11 is 1.68. The normalized spacial score (nSPS) is 18.6. The number of nitrogens with one attached hydrogen (secondary N) is 1. The van der Waals surface area contributed by atoms with E-state index < -0.39 is 0 Å². The Kier molecular flexibility index (Phi) is 3.35. The average Bonchev–Trinajstić information content (AvgIpc) is 3.20. The molecule has 8 heteroatoms. The molecule has 3 aromatic heterocycles. The maximum atomic E-state index is 4.54. The van der Waals surface area contributed by atoms with Crippen LogP contribution in [-0.4, -0.2) is 41.5 Å². The van der Waals surface area contributed by atoms with Crippen molar-refractivity contribution in [1.82, 2.24) is 28.5 Å². The molecular weight excluding hydrogens is 310 g/mol. The lowest BCUT2D eigenvalue weighted by molar-refractivity contribution is 0.521. The largest absolute Gasteiger partial charge is 0.331 e. The van der Waals surface area contributed by atoms with Crippen molar-refractivity contribution < 1.29 is 0 Å². The van der Waals surface area contributed by atoms with Crippen LogP contribution in [0.2, 0.25) is 0 Å². The fourth-order valence-electron chi connectivity index (χ4n) is 2.55. The molecule has 0 aromatic carbocycles. The molecule has 1 unspecified atom stereocenters. The van der Waals surface area contributed by atoms with Gasteiger partial charge in [0.1, 0.15) is 0 Å². The molecule has 23 heavy (non-hydrogen) atoms. The minimum atomic E-state index is 0.396. The lowest BCUT2D eigenvalue weighted by atomic mass is 10.3. The summed E-state index contributed by atoms with van der Waals surface area (Å²) in [5, 5.41) is 8.69. The summed E-state index contributed by atoms with van der Waals surface area (Å²) < 4.78 is 6.00. The molecule has 0 saturated carbocycles. The van der Waals surface area contributed by atoms with Crippen molar-refractivity contribution in [2.45, 2.75) is 13.0 Å². The molecule has 1 aliphatic heterocycles. The maximum absolute atomic E-state index is 4.54. The van der Waals surface area contributed by atoms with Crippen LogP contribution in [0.4, 0.5) is 5.82 Å². The molecule has 4 heterocycles. The number of hydrogen-bond donors (Lipinski definition) is 1. The number of rotatable bonds is 3. The summed E-state index contributed by atoms with van der Waals surface area (Å²) in [5.41, 5.74) is 2.83. The second kappa shape index (κ2) is 5.39. The third-order valence-electron chi connectivity index (χ3n) is 3.88. The second-order valence-electron chi connectivity index (χ2n) is 5.55. The molecule has 0 radical (unpaired) electrons. The minimum absolute atomic E-state index is 0.396. The highest BCUT2D eigenvalue weighted by atomic mass is 32.2. The van der Waals surface area contributed by atoms with Gasteiger partial charge in [-0.05, 0) is 32.0 Å². The van der Waals surface area contributed by atoms with Gasteiger partial charge < -0.3 is 5.32 Å². The van der Waals surface area contributed by atoms with Crippen molar-refractivity contribution in [3.8, 4) is 11.3 Å². The maximum Gasteiger partial charge on any atom is 0.180 e. The number of hydrogen-bond acceptors (Lipinski definition) is 6. The van der Waals surface area contributed by atoms with Crippen molar-refractivity contribution in [2.75, 3.05) is 12.4 Å². The molecular formula is C15H17N7S. The first kappa shape index (κ1) is 14.3. The quantitative estimate of drug-likeness (QED) is 0.745. The van der Waals surface area contributed by atoms with Crippen LogP contribution >= 0.6 is 11.9 Å². The predicted octanol–water partition coefficient (Wildman–Crippen LogP) is 2.37. The highest BCUT2D eigenvalue weighted by Gasteiger charge is 2.20. The Bertz CT molecular complexity index is 894. The number of nitrogens with zero attached hydrogens (tertiary/aromatic N) is 6. The molecule has 1 aliphatic rings. The summed E-state index contributed by atoms with van der Waals surface area (Å²) in [5.74, 6) is 0.754. The summed E-state index contributed by atoms with van der Waals surface area (Å²) in [6.45, 7) is 2.16. The van der Waals surface area contributed by atoms with Crippen LogP contribution in [0.5, 0.6) is 0 Å². The number of anilines is 1. The first-order valence-corrected chi connectivity index (χ1v) is 8.10. The van der Waals surface area contributed by atoms with Crippen molar-refractivity contribution in [2.24, 2.45) is 7.05 Å². The van der Waals surface area contributed by atoms with E-state index in [1.165, 1.54) is 0 Å². The first-order valence-electron chi connectivity index (χ1n) is 7.32. The second-order valence-corrected chi connectivity index (χ2v) is 6.75. The SMILES string of the molecule is CC1C=C(Nc2nccn3c(-c4cnn(C)c4)cnc23)SN1C. The zero-order valence-corrected chi connectivity index (χ0v) is 13.9. The van der Waals surface area contributed by atoms with E-state index in [1.54, 1.807) is 22.8 Å². The number of likely N-dealkylation sites (N-methyl/N-ethyl adjacent to an activating group) is 1. The van der Waals surface area contributed by atoms with Gasteiger partial charge in [0.05, 0.1) is 23.1 Å². The molecule has 4 rings (SSSR count). The van der Waals surface area contributed by atoms with Gasteiger partial charge in [0.2, 0.25) is 0 Å². The van der Waals surface area contributed by atoms with Gasteiger partial charge in [-0.1, -0.05) is 0 Å². The van der Waals surface area contributed by atoms with Gasteiger partial charge in [-0.2, -0.15) is 5.10 Å². The van der Waals surface area contributed by atoms with Crippen LogP contribution < -0.4 is 5.32 Å². The van der Waals surface area contributed by atoms with Gasteiger partial charge in [0.25, 0.3) is 0 Å². The van der Waals surface area contributed by atoms with Crippen molar-refractivity contribution >= 4 is 23.4 Å². The topological polar surface area (TPSA) is 63.3 Å². The Morgan fingerprint density at radius 1 is 1.22 bits per heavy atom. The third kappa shape index (κ3) is 2.49. The van der Waals surface area contributed by atoms with E-state index in [4.69, 9.17) is 0 Å². The number of fused-ring (bicyclic) bond motifs is 1. The summed E-state index contributed by atoms with van der Waals surface area (Å²) in [4.78, 5) is 8.98. The summed E-state index contributed by atoms with van der Waals surface area (Å²) in [7, 11) is 3.98. The highest BCUT2D eigenvalue weighted by Crippen LogP contribution is 2.32. The van der Waals surface area contributed by atoms with Crippen LogP contribution in [0, 0.1) is 0 Å². The Balaban J connectivity index is 1.72. The molecule has 0 aliphatic carbocycles. The van der Waals surface area contributed by atoms with Gasteiger partial charge in [-0.25, -0.2) is 14.3 Å². The smallest absolute Gasteiger partial charge is 0.180 e. The Labute approximate surface area is 138 Å². The van der Waals surface area contributed by atoms with Gasteiger partial charge in [-0.3, -0.25) is 9.08 Å². The predicted molar refractivity (Wildman–Crippen MR) is 91.7 cm³/mol. The Morgan fingerprint density at radius 3 is 2.78 bits per heavy atom.